The number of aromatic nitrogens is 3. The molecule has 11 heteroatoms. The molecule has 2 aromatic carbocycles. The lowest BCUT2D eigenvalue weighted by atomic mass is 9.98. The van der Waals surface area contributed by atoms with Crippen LogP contribution in [0.15, 0.2) is 84.1 Å². The summed E-state index contributed by atoms with van der Waals surface area (Å²) in [6.45, 7) is 10.3. The molecule has 258 valence electrons. The number of amides is 1. The number of fused-ring (bicyclic) bond motifs is 2. The predicted octanol–water partition coefficient (Wildman–Crippen LogP) is 7.64. The normalized spacial score (nSPS) is 15.4. The zero-order valence-electron chi connectivity index (χ0n) is 28.9. The Morgan fingerprint density at radius 2 is 1.68 bits per heavy atom. The van der Waals surface area contributed by atoms with Crippen LogP contribution in [-0.2, 0) is 38.9 Å². The minimum absolute atomic E-state index is 0.127. The van der Waals surface area contributed by atoms with E-state index in [0.717, 1.165) is 29.5 Å². The first-order valence-electron chi connectivity index (χ1n) is 16.8. The molecule has 0 N–H and O–H groups in total. The van der Waals surface area contributed by atoms with Gasteiger partial charge in [-0.05, 0) is 106 Å². The Labute approximate surface area is 292 Å². The van der Waals surface area contributed by atoms with Crippen molar-refractivity contribution in [3.05, 3.63) is 102 Å². The number of Topliss-reactive ketones (excluding diaryl/α,β-unsaturated/α-hetero) is 1. The maximum absolute atomic E-state index is 14.1. The minimum Gasteiger partial charge on any atom is -0.457 e. The number of ether oxygens (including phenoxy) is 2. The van der Waals surface area contributed by atoms with Gasteiger partial charge in [0.15, 0.2) is 5.65 Å². The Balaban J connectivity index is 1.30. The third kappa shape index (κ3) is 6.61. The molecule has 1 saturated carbocycles. The summed E-state index contributed by atoms with van der Waals surface area (Å²) < 4.78 is 41.6. The second-order valence-corrected chi connectivity index (χ2v) is 16.4. The van der Waals surface area contributed by atoms with Crippen LogP contribution in [-0.4, -0.2) is 51.3 Å². The van der Waals surface area contributed by atoms with Gasteiger partial charge in [-0.3, -0.25) is 9.78 Å². The molecular formula is C39H40N4O6S. The molecule has 5 aromatic rings. The van der Waals surface area contributed by atoms with Gasteiger partial charge in [0, 0.05) is 54.8 Å². The van der Waals surface area contributed by atoms with E-state index in [9.17, 15) is 18.0 Å². The van der Waals surface area contributed by atoms with Gasteiger partial charge in [0.05, 0.1) is 10.3 Å². The Hall–Kier alpha value is -5.03. The Kier molecular flexibility index (Phi) is 8.29. The van der Waals surface area contributed by atoms with Crippen molar-refractivity contribution in [2.45, 2.75) is 77.3 Å². The first-order valence-corrected chi connectivity index (χ1v) is 18.2. The number of nitrogens with zero attached hydrogens (tertiary/aromatic N) is 4. The van der Waals surface area contributed by atoms with E-state index in [4.69, 9.17) is 9.47 Å². The van der Waals surface area contributed by atoms with E-state index < -0.39 is 15.6 Å². The van der Waals surface area contributed by atoms with Crippen LogP contribution in [0.3, 0.4) is 0 Å². The second kappa shape index (κ2) is 12.4. The number of carbonyl (C=O) groups excluding carboxylic acids is 2. The van der Waals surface area contributed by atoms with Crippen LogP contribution in [0, 0.1) is 12.3 Å². The van der Waals surface area contributed by atoms with Crippen molar-refractivity contribution in [1.29, 1.82) is 0 Å². The molecule has 7 rings (SSSR count). The third-order valence-corrected chi connectivity index (χ3v) is 11.1. The third-order valence-electron chi connectivity index (χ3n) is 9.41. The highest BCUT2D eigenvalue weighted by Gasteiger charge is 2.44. The molecule has 0 unspecified atom stereocenters. The summed E-state index contributed by atoms with van der Waals surface area (Å²) in [7, 11) is -4.06. The highest BCUT2D eigenvalue weighted by molar-refractivity contribution is 7.90. The summed E-state index contributed by atoms with van der Waals surface area (Å²) in [6, 6.07) is 17.8. The summed E-state index contributed by atoms with van der Waals surface area (Å²) in [4.78, 5) is 36.7. The first kappa shape index (κ1) is 33.5. The monoisotopic (exact) mass is 692 g/mol. The molecular weight excluding hydrogens is 653 g/mol. The molecule has 3 aromatic heterocycles. The summed E-state index contributed by atoms with van der Waals surface area (Å²) in [5.74, 6) is 1.08. The van der Waals surface area contributed by atoms with Crippen LogP contribution in [0.2, 0.25) is 0 Å². The van der Waals surface area contributed by atoms with Crippen LogP contribution >= 0.6 is 0 Å². The quantitative estimate of drug-likeness (QED) is 0.163. The molecule has 0 bridgehead atoms. The van der Waals surface area contributed by atoms with Crippen LogP contribution in [0.5, 0.6) is 11.5 Å². The number of ketones is 1. The fraction of sp³-hybridized carbons (Fsp3) is 0.333. The Morgan fingerprint density at radius 1 is 0.940 bits per heavy atom. The van der Waals surface area contributed by atoms with Crippen molar-refractivity contribution in [1.82, 2.24) is 18.8 Å². The van der Waals surface area contributed by atoms with Gasteiger partial charge < -0.3 is 14.4 Å². The number of rotatable bonds is 8. The summed E-state index contributed by atoms with van der Waals surface area (Å²) in [5.41, 5.74) is 4.17. The molecule has 4 heterocycles. The molecule has 10 nitrogen and oxygen atoms in total. The number of hydrogen-bond donors (Lipinski definition) is 0. The number of pyridine rings is 2. The van der Waals surface area contributed by atoms with Crippen molar-refractivity contribution in [3.63, 3.8) is 0 Å². The molecule has 0 spiro atoms. The number of carbonyl (C=O) groups is 2. The van der Waals surface area contributed by atoms with E-state index in [-0.39, 0.29) is 34.3 Å². The van der Waals surface area contributed by atoms with Crippen molar-refractivity contribution < 1.29 is 27.5 Å². The SMILES string of the molecule is Cc1ccc(S(=O)(=O)n2cc(-c3ccnc(CC(=O)C4(C)CC4)c3)c3c(Oc4ccc5c(c4)CN(C(=O)OC(C)(C)C)CC5)ccnc32)cc1. The summed E-state index contributed by atoms with van der Waals surface area (Å²) >= 11 is 0. The van der Waals surface area contributed by atoms with Crippen LogP contribution in [0.4, 0.5) is 4.79 Å². The summed E-state index contributed by atoms with van der Waals surface area (Å²) in [6.07, 6.45) is 7.00. The van der Waals surface area contributed by atoms with Gasteiger partial charge in [0.25, 0.3) is 10.0 Å². The zero-order chi connectivity index (χ0) is 35.4. The standard InChI is InChI=1S/C39H40N4O6S/c1-25-6-10-31(11-7-25)50(46,47)43-24-32(27-12-17-40-29(20-27)22-34(44)39(5)15-16-39)35-33(13-18-41-36(35)43)48-30-9-8-26-14-19-42(23-28(26)21-30)37(45)49-38(2,3)4/h6-13,17-18,20-21,24H,14-16,19,22-23H2,1-5H3. The lowest BCUT2D eigenvalue weighted by molar-refractivity contribution is -0.122. The van der Waals surface area contributed by atoms with Gasteiger partial charge in [-0.25, -0.2) is 22.2 Å². The average Bonchev–Trinajstić information content (AvgIpc) is 3.70. The molecule has 50 heavy (non-hydrogen) atoms. The predicted molar refractivity (Wildman–Crippen MR) is 190 cm³/mol. The number of hydrogen-bond acceptors (Lipinski definition) is 8. The van der Waals surface area contributed by atoms with Crippen molar-refractivity contribution in [3.8, 4) is 22.6 Å². The average molecular weight is 693 g/mol. The molecule has 1 aliphatic carbocycles. The smallest absolute Gasteiger partial charge is 0.410 e. The fourth-order valence-electron chi connectivity index (χ4n) is 6.20. The number of aryl methyl sites for hydroxylation is 1. The number of benzene rings is 2. The van der Waals surface area contributed by atoms with Crippen molar-refractivity contribution in [2.75, 3.05) is 6.54 Å². The molecule has 1 amide bonds. The van der Waals surface area contributed by atoms with Crippen LogP contribution in [0.25, 0.3) is 22.2 Å². The van der Waals surface area contributed by atoms with Gasteiger partial charge in [-0.15, -0.1) is 0 Å². The van der Waals surface area contributed by atoms with Crippen molar-refractivity contribution in [2.24, 2.45) is 5.41 Å². The van der Waals surface area contributed by atoms with Crippen LogP contribution in [0.1, 0.15) is 62.9 Å². The van der Waals surface area contributed by atoms with Gasteiger partial charge in [0.1, 0.15) is 22.9 Å². The van der Waals surface area contributed by atoms with E-state index >= 15 is 0 Å². The maximum atomic E-state index is 14.1. The highest BCUT2D eigenvalue weighted by atomic mass is 32.2. The molecule has 2 aliphatic rings. The summed E-state index contributed by atoms with van der Waals surface area (Å²) in [5, 5.41) is 0.494. The van der Waals surface area contributed by atoms with E-state index in [1.165, 1.54) is 10.2 Å². The topological polar surface area (TPSA) is 121 Å². The van der Waals surface area contributed by atoms with Crippen LogP contribution < -0.4 is 4.74 Å². The zero-order valence-corrected chi connectivity index (χ0v) is 29.7. The molecule has 0 radical (unpaired) electrons. The highest BCUT2D eigenvalue weighted by Crippen LogP contribution is 2.46. The van der Waals surface area contributed by atoms with E-state index in [1.54, 1.807) is 53.7 Å². The Morgan fingerprint density at radius 3 is 2.40 bits per heavy atom. The second-order valence-electron chi connectivity index (χ2n) is 14.5. The molecule has 0 atom stereocenters. The first-order chi connectivity index (χ1) is 23.7. The molecule has 1 aliphatic heterocycles. The maximum Gasteiger partial charge on any atom is 0.410 e. The van der Waals surface area contributed by atoms with Gasteiger partial charge in [-0.1, -0.05) is 30.7 Å². The van der Waals surface area contributed by atoms with Crippen molar-refractivity contribution >= 4 is 32.9 Å². The van der Waals surface area contributed by atoms with E-state index in [2.05, 4.69) is 9.97 Å². The fourth-order valence-corrected chi connectivity index (χ4v) is 7.52. The van der Waals surface area contributed by atoms with Gasteiger partial charge in [-0.2, -0.15) is 0 Å². The minimum atomic E-state index is -4.06. The largest absolute Gasteiger partial charge is 0.457 e. The van der Waals surface area contributed by atoms with Gasteiger partial charge in [0.2, 0.25) is 0 Å². The van der Waals surface area contributed by atoms with E-state index in [1.807, 2.05) is 58.9 Å². The molecule has 1 fully saturated rings. The lowest BCUT2D eigenvalue weighted by Crippen LogP contribution is -2.39. The van der Waals surface area contributed by atoms with Gasteiger partial charge >= 0.3 is 6.09 Å². The van der Waals surface area contributed by atoms with E-state index in [0.29, 0.717) is 53.2 Å². The molecule has 0 saturated heterocycles. The lowest BCUT2D eigenvalue weighted by Gasteiger charge is -2.31. The Bertz CT molecular complexity index is 2250.